The molecule has 0 saturated heterocycles. The van der Waals surface area contributed by atoms with Gasteiger partial charge in [-0.25, -0.2) is 0 Å². The van der Waals surface area contributed by atoms with Crippen molar-refractivity contribution in [2.45, 2.75) is 5.60 Å². The second-order valence-corrected chi connectivity index (χ2v) is 7.41. The molecule has 1 spiro atoms. The molecule has 2 aliphatic rings. The predicted octanol–water partition coefficient (Wildman–Crippen LogP) is 3.67. The largest absolute Gasteiger partial charge is 0.478 e. The van der Waals surface area contributed by atoms with Crippen molar-refractivity contribution in [3.63, 3.8) is 0 Å². The lowest BCUT2D eigenvalue weighted by Crippen LogP contribution is -2.46. The van der Waals surface area contributed by atoms with Gasteiger partial charge in [0.15, 0.2) is 12.4 Å². The van der Waals surface area contributed by atoms with Crippen molar-refractivity contribution in [1.82, 2.24) is 0 Å². The Labute approximate surface area is 183 Å². The third-order valence-corrected chi connectivity index (χ3v) is 5.66. The molecule has 3 aromatic rings. The number of Topliss-reactive ketones (excluding diaryl/α,β-unsaturated/α-hetero) is 1. The maximum absolute atomic E-state index is 13.8. The molecule has 0 aliphatic carbocycles. The molecular weight excluding hydrogens is 406 g/mol. The molecule has 0 bridgehead atoms. The molecule has 0 fully saturated rings. The topological polar surface area (TPSA) is 101 Å². The minimum absolute atomic E-state index is 0.170. The van der Waals surface area contributed by atoms with Crippen molar-refractivity contribution < 1.29 is 19.2 Å². The van der Waals surface area contributed by atoms with Gasteiger partial charge in [0.25, 0.3) is 11.5 Å². The van der Waals surface area contributed by atoms with E-state index in [1.165, 1.54) is 0 Å². The van der Waals surface area contributed by atoms with Crippen molar-refractivity contribution in [3.8, 4) is 11.8 Å². The number of hydrogen-bond donors (Lipinski definition) is 1. The minimum atomic E-state index is -1.64. The van der Waals surface area contributed by atoms with Crippen LogP contribution < -0.4 is 10.1 Å². The molecule has 1 amide bonds. The van der Waals surface area contributed by atoms with E-state index in [4.69, 9.17) is 14.8 Å². The summed E-state index contributed by atoms with van der Waals surface area (Å²) in [5.41, 5.74) is 0.691. The average molecular weight is 423 g/mol. The summed E-state index contributed by atoms with van der Waals surface area (Å²) >= 11 is 0. The highest BCUT2D eigenvalue weighted by Gasteiger charge is 2.63. The Morgan fingerprint density at radius 2 is 1.78 bits per heavy atom. The fourth-order valence-electron chi connectivity index (χ4n) is 4.25. The van der Waals surface area contributed by atoms with Crippen molar-refractivity contribution in [3.05, 3.63) is 95.6 Å². The zero-order valence-corrected chi connectivity index (χ0v) is 16.8. The third kappa shape index (κ3) is 2.85. The predicted molar refractivity (Wildman–Crippen MR) is 116 cm³/mol. The molecule has 1 N–H and O–H groups in total. The molecule has 32 heavy (non-hydrogen) atoms. The van der Waals surface area contributed by atoms with Gasteiger partial charge in [-0.2, -0.15) is 5.26 Å². The number of carbonyl (C=O) groups is 2. The van der Waals surface area contributed by atoms with E-state index in [1.807, 2.05) is 12.1 Å². The van der Waals surface area contributed by atoms with Crippen LogP contribution in [0, 0.1) is 17.2 Å². The zero-order valence-electron chi connectivity index (χ0n) is 16.8. The van der Waals surface area contributed by atoms with E-state index in [0.29, 0.717) is 28.1 Å². The first-order chi connectivity index (χ1) is 15.7. The summed E-state index contributed by atoms with van der Waals surface area (Å²) in [4.78, 5) is 33.0. The average Bonchev–Trinajstić information content (AvgIpc) is 3.37. The molecule has 2 aliphatic heterocycles. The molecule has 5 rings (SSSR count). The monoisotopic (exact) mass is 423 g/mol. The molecule has 156 valence electrons. The second-order valence-electron chi connectivity index (χ2n) is 7.41. The van der Waals surface area contributed by atoms with Gasteiger partial charge in [-0.15, -0.1) is 0 Å². The van der Waals surface area contributed by atoms with Gasteiger partial charge in [-0.1, -0.05) is 65.8 Å². The van der Waals surface area contributed by atoms with Gasteiger partial charge in [-0.3, -0.25) is 9.59 Å². The van der Waals surface area contributed by atoms with E-state index in [1.54, 1.807) is 72.8 Å². The number of anilines is 1. The Bertz CT molecular complexity index is 1300. The van der Waals surface area contributed by atoms with Crippen LogP contribution in [0.4, 0.5) is 5.69 Å². The fraction of sp³-hybridized carbons (Fsp3) is 0.120. The maximum Gasteiger partial charge on any atom is 0.277 e. The summed E-state index contributed by atoms with van der Waals surface area (Å²) in [5.74, 6) is -1.43. The van der Waals surface area contributed by atoms with Crippen LogP contribution in [0.1, 0.15) is 21.5 Å². The van der Waals surface area contributed by atoms with Crippen LogP contribution in [0.15, 0.2) is 84.0 Å². The Morgan fingerprint density at radius 3 is 2.59 bits per heavy atom. The quantitative estimate of drug-likeness (QED) is 0.631. The molecule has 0 aromatic heterocycles. The molecule has 2 atom stereocenters. The van der Waals surface area contributed by atoms with E-state index in [9.17, 15) is 9.59 Å². The first-order valence-electron chi connectivity index (χ1n) is 10.0. The lowest BCUT2D eigenvalue weighted by Gasteiger charge is -2.27. The summed E-state index contributed by atoms with van der Waals surface area (Å²) in [6, 6.07) is 24.7. The number of ether oxygens (including phenoxy) is 1. The number of amides is 1. The Hall–Kier alpha value is -4.44. The van der Waals surface area contributed by atoms with E-state index in [2.05, 4.69) is 10.5 Å². The van der Waals surface area contributed by atoms with Crippen LogP contribution in [0.25, 0.3) is 0 Å². The number of rotatable bonds is 5. The van der Waals surface area contributed by atoms with E-state index >= 15 is 0 Å². The number of nitrogens with one attached hydrogen (secondary N) is 1. The summed E-state index contributed by atoms with van der Waals surface area (Å²) in [6.07, 6.45) is 0. The molecule has 2 heterocycles. The molecule has 2 unspecified atom stereocenters. The molecule has 0 radical (unpaired) electrons. The number of ketones is 1. The number of benzene rings is 3. The third-order valence-electron chi connectivity index (χ3n) is 5.66. The van der Waals surface area contributed by atoms with Gasteiger partial charge in [0, 0.05) is 22.4 Å². The SMILES string of the molecule is N#CCOc1ccccc1C1=NOC2(C(=O)Nc3ccccc32)C1C(=O)c1ccccc1. The lowest BCUT2D eigenvalue weighted by molar-refractivity contribution is -0.140. The van der Waals surface area contributed by atoms with Gasteiger partial charge >= 0.3 is 0 Å². The van der Waals surface area contributed by atoms with Crippen LogP contribution in [0.5, 0.6) is 5.75 Å². The van der Waals surface area contributed by atoms with Crippen molar-refractivity contribution in [2.75, 3.05) is 11.9 Å². The van der Waals surface area contributed by atoms with Crippen LogP contribution in [0.3, 0.4) is 0 Å². The number of nitriles is 1. The highest BCUT2D eigenvalue weighted by molar-refractivity contribution is 6.25. The smallest absolute Gasteiger partial charge is 0.277 e. The number of hydrogen-bond acceptors (Lipinski definition) is 6. The summed E-state index contributed by atoms with van der Waals surface area (Å²) in [5, 5.41) is 16.0. The summed E-state index contributed by atoms with van der Waals surface area (Å²) in [6.45, 7) is -0.170. The normalized spacial score (nSPS) is 20.7. The van der Waals surface area contributed by atoms with Crippen LogP contribution >= 0.6 is 0 Å². The Balaban J connectivity index is 1.69. The standard InChI is InChI=1S/C25H17N3O4/c26-14-15-31-20-13-7-4-10-17(20)22-21(23(29)16-8-2-1-3-9-16)25(32-28-22)18-11-5-6-12-19(18)27-24(25)30/h1-13,21H,15H2,(H,27,30). The fourth-order valence-corrected chi connectivity index (χ4v) is 4.25. The van der Waals surface area contributed by atoms with Crippen molar-refractivity contribution in [2.24, 2.45) is 11.1 Å². The molecule has 7 heteroatoms. The van der Waals surface area contributed by atoms with Gasteiger partial charge in [0.05, 0.1) is 0 Å². The zero-order chi connectivity index (χ0) is 22.1. The first-order valence-corrected chi connectivity index (χ1v) is 10.0. The van der Waals surface area contributed by atoms with Gasteiger partial charge in [0.1, 0.15) is 23.4 Å². The number of para-hydroxylation sites is 2. The van der Waals surface area contributed by atoms with Gasteiger partial charge < -0.3 is 14.9 Å². The molecular formula is C25H17N3O4. The minimum Gasteiger partial charge on any atom is -0.478 e. The van der Waals surface area contributed by atoms with E-state index < -0.39 is 17.4 Å². The van der Waals surface area contributed by atoms with Gasteiger partial charge in [-0.05, 0) is 18.2 Å². The van der Waals surface area contributed by atoms with Crippen LogP contribution in [-0.2, 0) is 15.2 Å². The lowest BCUT2D eigenvalue weighted by atomic mass is 9.74. The van der Waals surface area contributed by atoms with Gasteiger partial charge in [0.2, 0.25) is 0 Å². The molecule has 7 nitrogen and oxygen atoms in total. The Kier molecular flexibility index (Phi) is 4.68. The van der Waals surface area contributed by atoms with Crippen LogP contribution in [0.2, 0.25) is 0 Å². The Morgan fingerprint density at radius 1 is 1.06 bits per heavy atom. The number of oxime groups is 1. The summed E-state index contributed by atoms with van der Waals surface area (Å²) in [7, 11) is 0. The number of carbonyl (C=O) groups excluding carboxylic acids is 2. The molecule has 0 saturated carbocycles. The van der Waals surface area contributed by atoms with E-state index in [0.717, 1.165) is 0 Å². The van der Waals surface area contributed by atoms with Crippen molar-refractivity contribution >= 4 is 23.1 Å². The molecule has 3 aromatic carbocycles. The number of nitrogens with zero attached hydrogens (tertiary/aromatic N) is 2. The first kappa shape index (κ1) is 19.5. The number of fused-ring (bicyclic) bond motifs is 2. The van der Waals surface area contributed by atoms with Crippen molar-refractivity contribution in [1.29, 1.82) is 5.26 Å². The van der Waals surface area contributed by atoms with E-state index in [-0.39, 0.29) is 18.1 Å². The summed E-state index contributed by atoms with van der Waals surface area (Å²) < 4.78 is 5.57. The highest BCUT2D eigenvalue weighted by atomic mass is 16.7. The van der Waals surface area contributed by atoms with Crippen LogP contribution in [-0.4, -0.2) is 24.0 Å². The second kappa shape index (κ2) is 7.67. The maximum atomic E-state index is 13.8. The highest BCUT2D eigenvalue weighted by Crippen LogP contribution is 2.50.